The highest BCUT2D eigenvalue weighted by Crippen LogP contribution is 2.26. The molecule has 0 radical (unpaired) electrons. The number of aromatic nitrogens is 5. The van der Waals surface area contributed by atoms with E-state index in [1.54, 1.807) is 48.0 Å². The first-order valence-corrected chi connectivity index (χ1v) is 9.71. The number of thioether (sulfide) groups is 1. The van der Waals surface area contributed by atoms with E-state index in [0.29, 0.717) is 39.0 Å². The van der Waals surface area contributed by atoms with Gasteiger partial charge in [0.05, 0.1) is 28.3 Å². The Labute approximate surface area is 169 Å². The van der Waals surface area contributed by atoms with Crippen molar-refractivity contribution in [3.8, 4) is 17.5 Å². The summed E-state index contributed by atoms with van der Waals surface area (Å²) in [4.78, 5) is 17.3. The summed E-state index contributed by atoms with van der Waals surface area (Å²) < 4.78 is 17.1. The smallest absolute Gasteiger partial charge is 0.262 e. The number of benzene rings is 2. The van der Waals surface area contributed by atoms with Gasteiger partial charge in [-0.3, -0.25) is 9.36 Å². The second-order valence-electron chi connectivity index (χ2n) is 6.23. The van der Waals surface area contributed by atoms with Gasteiger partial charge in [0.25, 0.3) is 5.56 Å². The van der Waals surface area contributed by atoms with Crippen LogP contribution in [0.2, 0.25) is 0 Å². The minimum atomic E-state index is -0.376. The highest BCUT2D eigenvalue weighted by Gasteiger charge is 2.16. The number of hydrogen-bond acceptors (Lipinski definition) is 6. The van der Waals surface area contributed by atoms with E-state index in [0.717, 1.165) is 0 Å². The first kappa shape index (κ1) is 18.8. The van der Waals surface area contributed by atoms with Gasteiger partial charge in [-0.15, -0.1) is 10.2 Å². The van der Waals surface area contributed by atoms with E-state index in [1.807, 2.05) is 12.1 Å². The summed E-state index contributed by atoms with van der Waals surface area (Å²) in [6.45, 7) is -0.0914. The maximum absolute atomic E-state index is 14.1. The molecule has 0 fully saturated rings. The SMILES string of the molecule is Cn1c(SCc2nc3ccccc3c(=O)n2CC#N)nnc1-c1ccccc1F. The zero-order chi connectivity index (χ0) is 20.4. The molecule has 2 aromatic heterocycles. The summed E-state index contributed by atoms with van der Waals surface area (Å²) in [6, 6.07) is 15.4. The fourth-order valence-corrected chi connectivity index (χ4v) is 3.86. The predicted octanol–water partition coefficient (Wildman–Crippen LogP) is 3.15. The molecule has 4 aromatic rings. The summed E-state index contributed by atoms with van der Waals surface area (Å²) in [5.74, 6) is 0.811. The van der Waals surface area contributed by atoms with E-state index in [2.05, 4.69) is 15.2 Å². The Morgan fingerprint density at radius 3 is 2.69 bits per heavy atom. The first-order chi connectivity index (χ1) is 14.1. The third-order valence-electron chi connectivity index (χ3n) is 4.45. The lowest BCUT2D eigenvalue weighted by atomic mass is 10.2. The summed E-state index contributed by atoms with van der Waals surface area (Å²) in [5, 5.41) is 18.4. The summed E-state index contributed by atoms with van der Waals surface area (Å²) in [7, 11) is 1.75. The number of para-hydroxylation sites is 1. The largest absolute Gasteiger partial charge is 0.305 e. The van der Waals surface area contributed by atoms with Crippen LogP contribution in [-0.2, 0) is 19.3 Å². The van der Waals surface area contributed by atoms with Gasteiger partial charge in [-0.25, -0.2) is 9.37 Å². The highest BCUT2D eigenvalue weighted by molar-refractivity contribution is 7.98. The van der Waals surface area contributed by atoms with E-state index in [4.69, 9.17) is 5.26 Å². The van der Waals surface area contributed by atoms with Crippen LogP contribution in [0.4, 0.5) is 4.39 Å². The molecule has 144 valence electrons. The van der Waals surface area contributed by atoms with Crippen LogP contribution in [0.25, 0.3) is 22.3 Å². The van der Waals surface area contributed by atoms with Gasteiger partial charge in [0.15, 0.2) is 11.0 Å². The molecule has 2 heterocycles. The minimum Gasteiger partial charge on any atom is -0.305 e. The Hall–Kier alpha value is -3.51. The van der Waals surface area contributed by atoms with Crippen LogP contribution in [0.15, 0.2) is 58.5 Å². The van der Waals surface area contributed by atoms with Crippen LogP contribution in [0.5, 0.6) is 0 Å². The number of fused-ring (bicyclic) bond motifs is 1. The van der Waals surface area contributed by atoms with Crippen molar-refractivity contribution in [2.45, 2.75) is 17.5 Å². The Bertz CT molecular complexity index is 1310. The van der Waals surface area contributed by atoms with Gasteiger partial charge in [0.2, 0.25) is 0 Å². The van der Waals surface area contributed by atoms with Crippen LogP contribution in [0, 0.1) is 17.1 Å². The molecule has 0 bridgehead atoms. The van der Waals surface area contributed by atoms with Gasteiger partial charge in [-0.1, -0.05) is 36.0 Å². The number of hydrogen-bond donors (Lipinski definition) is 0. The quantitative estimate of drug-likeness (QED) is 0.473. The molecule has 0 saturated heterocycles. The third kappa shape index (κ3) is 3.50. The fourth-order valence-electron chi connectivity index (χ4n) is 3.00. The lowest BCUT2D eigenvalue weighted by Crippen LogP contribution is -2.24. The Balaban J connectivity index is 1.67. The lowest BCUT2D eigenvalue weighted by Gasteiger charge is -2.10. The van der Waals surface area contributed by atoms with Crippen molar-refractivity contribution in [3.63, 3.8) is 0 Å². The number of nitriles is 1. The first-order valence-electron chi connectivity index (χ1n) is 8.72. The maximum atomic E-state index is 14.1. The molecule has 4 rings (SSSR count). The molecule has 0 spiro atoms. The maximum Gasteiger partial charge on any atom is 0.262 e. The molecule has 9 heteroatoms. The van der Waals surface area contributed by atoms with Crippen molar-refractivity contribution >= 4 is 22.7 Å². The fraction of sp³-hybridized carbons (Fsp3) is 0.150. The summed E-state index contributed by atoms with van der Waals surface area (Å²) in [6.07, 6.45) is 0. The summed E-state index contributed by atoms with van der Waals surface area (Å²) >= 11 is 1.31. The Kier molecular flexibility index (Phi) is 5.10. The van der Waals surface area contributed by atoms with Gasteiger partial charge in [-0.2, -0.15) is 5.26 Å². The highest BCUT2D eigenvalue weighted by atomic mass is 32.2. The van der Waals surface area contributed by atoms with Crippen molar-refractivity contribution in [2.75, 3.05) is 0 Å². The average Bonchev–Trinajstić information content (AvgIpc) is 3.09. The number of halogens is 1. The van der Waals surface area contributed by atoms with Crippen molar-refractivity contribution in [2.24, 2.45) is 7.05 Å². The van der Waals surface area contributed by atoms with Crippen LogP contribution >= 0.6 is 11.8 Å². The van der Waals surface area contributed by atoms with E-state index in [9.17, 15) is 9.18 Å². The van der Waals surface area contributed by atoms with Crippen LogP contribution in [-0.4, -0.2) is 24.3 Å². The Morgan fingerprint density at radius 2 is 1.90 bits per heavy atom. The van der Waals surface area contributed by atoms with E-state index < -0.39 is 0 Å². The second-order valence-corrected chi connectivity index (χ2v) is 7.17. The molecule has 0 atom stereocenters. The molecular weight excluding hydrogens is 391 g/mol. The molecule has 7 nitrogen and oxygen atoms in total. The topological polar surface area (TPSA) is 89.4 Å². The van der Waals surface area contributed by atoms with Crippen LogP contribution in [0.3, 0.4) is 0 Å². The Morgan fingerprint density at radius 1 is 1.14 bits per heavy atom. The zero-order valence-electron chi connectivity index (χ0n) is 15.4. The van der Waals surface area contributed by atoms with Gasteiger partial charge < -0.3 is 4.57 Å². The average molecular weight is 406 g/mol. The molecule has 29 heavy (non-hydrogen) atoms. The molecule has 0 aliphatic heterocycles. The van der Waals surface area contributed by atoms with Crippen molar-refractivity contribution in [1.82, 2.24) is 24.3 Å². The van der Waals surface area contributed by atoms with Crippen LogP contribution in [0.1, 0.15) is 5.82 Å². The molecular formula is C20H15FN6OS. The molecule has 0 aliphatic carbocycles. The van der Waals surface area contributed by atoms with E-state index in [-0.39, 0.29) is 17.9 Å². The van der Waals surface area contributed by atoms with Crippen molar-refractivity contribution in [3.05, 3.63) is 70.5 Å². The lowest BCUT2D eigenvalue weighted by molar-refractivity contribution is 0.628. The molecule has 0 N–H and O–H groups in total. The van der Waals surface area contributed by atoms with Crippen molar-refractivity contribution < 1.29 is 4.39 Å². The van der Waals surface area contributed by atoms with Crippen LogP contribution < -0.4 is 5.56 Å². The molecule has 2 aromatic carbocycles. The standard InChI is InChI=1S/C20H15FN6OS/c1-26-18(13-6-2-4-8-15(13)21)24-25-20(26)29-12-17-23-16-9-5-3-7-14(16)19(28)27(17)11-10-22/h2-9H,11-12H2,1H3. The predicted molar refractivity (Wildman–Crippen MR) is 108 cm³/mol. The zero-order valence-corrected chi connectivity index (χ0v) is 16.2. The number of nitrogens with zero attached hydrogens (tertiary/aromatic N) is 6. The minimum absolute atomic E-state index is 0.0914. The van der Waals surface area contributed by atoms with Crippen molar-refractivity contribution in [1.29, 1.82) is 5.26 Å². The third-order valence-corrected chi connectivity index (χ3v) is 5.47. The van der Waals surface area contributed by atoms with E-state index >= 15 is 0 Å². The van der Waals surface area contributed by atoms with Gasteiger partial charge in [0.1, 0.15) is 18.2 Å². The molecule has 0 amide bonds. The number of rotatable bonds is 5. The van der Waals surface area contributed by atoms with E-state index in [1.165, 1.54) is 22.4 Å². The molecule has 0 unspecified atom stereocenters. The molecule has 0 saturated carbocycles. The van der Waals surface area contributed by atoms with Gasteiger partial charge in [-0.05, 0) is 24.3 Å². The second kappa shape index (κ2) is 7.85. The van der Waals surface area contributed by atoms with Gasteiger partial charge in [0, 0.05) is 7.05 Å². The summed E-state index contributed by atoms with van der Waals surface area (Å²) in [5.41, 5.74) is 0.685. The molecule has 0 aliphatic rings. The monoisotopic (exact) mass is 406 g/mol. The normalized spacial score (nSPS) is 10.9. The van der Waals surface area contributed by atoms with Gasteiger partial charge >= 0.3 is 0 Å².